The Balaban J connectivity index is 1.77. The van der Waals surface area contributed by atoms with Crippen LogP contribution in [0.4, 0.5) is 0 Å². The molecule has 2 aliphatic rings. The van der Waals surface area contributed by atoms with Crippen molar-refractivity contribution < 1.29 is 19.0 Å². The lowest BCUT2D eigenvalue weighted by atomic mass is 9.98. The van der Waals surface area contributed by atoms with Crippen LogP contribution in [-0.4, -0.2) is 48.9 Å². The second-order valence-electron chi connectivity index (χ2n) is 8.18. The molecule has 4 nitrogen and oxygen atoms in total. The van der Waals surface area contributed by atoms with E-state index in [1.54, 1.807) is 0 Å². The summed E-state index contributed by atoms with van der Waals surface area (Å²) in [7, 11) is -0.122. The maximum Gasteiger partial charge on any atom is 0.310 e. The monoisotopic (exact) mass is 372 g/mol. The van der Waals surface area contributed by atoms with Crippen molar-refractivity contribution in [2.24, 2.45) is 5.92 Å². The molecule has 6 heteroatoms. The molecule has 2 heterocycles. The molecule has 0 aromatic carbocycles. The van der Waals surface area contributed by atoms with Crippen LogP contribution in [0.1, 0.15) is 64.7 Å². The highest BCUT2D eigenvalue weighted by Crippen LogP contribution is 2.33. The van der Waals surface area contributed by atoms with Crippen LogP contribution in [0.25, 0.3) is 0 Å². The number of hydrogen-bond donors (Lipinski definition) is 0. The van der Waals surface area contributed by atoms with E-state index in [1.807, 2.05) is 6.92 Å². The molecule has 0 aromatic rings. The third kappa shape index (κ3) is 5.41. The van der Waals surface area contributed by atoms with Crippen LogP contribution >= 0.6 is 0 Å². The second kappa shape index (κ2) is 8.96. The van der Waals surface area contributed by atoms with Crippen LogP contribution in [0.2, 0.25) is 13.1 Å². The largest absolute Gasteiger partial charge is 0.438 e. The summed E-state index contributed by atoms with van der Waals surface area (Å²) in [6.45, 7) is 8.44. The number of hydrogen-bond acceptors (Lipinski definition) is 4. The van der Waals surface area contributed by atoms with E-state index in [0.29, 0.717) is 0 Å². The summed E-state index contributed by atoms with van der Waals surface area (Å²) in [5.41, 5.74) is -0.567. The van der Waals surface area contributed by atoms with E-state index in [2.05, 4.69) is 13.1 Å². The summed E-state index contributed by atoms with van der Waals surface area (Å²) < 4.78 is 17.7. The van der Waals surface area contributed by atoms with Gasteiger partial charge in [-0.2, -0.15) is 0 Å². The summed E-state index contributed by atoms with van der Waals surface area (Å²) >= 11 is 0. The van der Waals surface area contributed by atoms with Gasteiger partial charge in [-0.25, -0.2) is 0 Å². The second-order valence-corrected chi connectivity index (χ2v) is 13.1. The first kappa shape index (κ1) is 20.1. The van der Waals surface area contributed by atoms with Gasteiger partial charge in [0, 0.05) is 13.0 Å². The minimum atomic E-state index is -0.870. The zero-order valence-electron chi connectivity index (χ0n) is 16.1. The summed E-state index contributed by atoms with van der Waals surface area (Å²) in [6.07, 6.45) is 9.82. The highest BCUT2D eigenvalue weighted by Gasteiger charge is 2.37. The first-order chi connectivity index (χ1) is 11.4. The van der Waals surface area contributed by atoms with E-state index in [-0.39, 0.29) is 17.1 Å². The molecule has 2 rings (SSSR count). The molecule has 0 spiro atoms. The highest BCUT2D eigenvalue weighted by molar-refractivity contribution is 6.59. The minimum absolute atomic E-state index is 0.0455. The summed E-state index contributed by atoms with van der Waals surface area (Å²) in [4.78, 5) is 12.4. The van der Waals surface area contributed by atoms with Crippen molar-refractivity contribution in [3.63, 3.8) is 0 Å². The van der Waals surface area contributed by atoms with Gasteiger partial charge in [0.2, 0.25) is 0 Å². The molecule has 140 valence electrons. The Kier molecular flexibility index (Phi) is 7.52. The molecule has 0 N–H and O–H groups in total. The molecule has 2 saturated heterocycles. The van der Waals surface area contributed by atoms with Crippen LogP contribution in [0.5, 0.6) is 0 Å². The van der Waals surface area contributed by atoms with Crippen LogP contribution in [0, 0.1) is 5.92 Å². The number of ether oxygens (including phenoxy) is 3. The molecule has 0 radical (unpaired) electrons. The Hall–Kier alpha value is -0.176. The predicted molar refractivity (Wildman–Crippen MR) is 103 cm³/mol. The van der Waals surface area contributed by atoms with Crippen molar-refractivity contribution in [3.05, 3.63) is 0 Å². The average molecular weight is 373 g/mol. The molecule has 2 fully saturated rings. The third-order valence-corrected chi connectivity index (χ3v) is 9.67. The lowest BCUT2D eigenvalue weighted by Crippen LogP contribution is -2.47. The Morgan fingerprint density at radius 1 is 1.17 bits per heavy atom. The lowest BCUT2D eigenvalue weighted by molar-refractivity contribution is -0.209. The van der Waals surface area contributed by atoms with Gasteiger partial charge < -0.3 is 14.2 Å². The standard InChI is InChI=1S/C18H36O4Si2/c1-15(16(19)22-18(23)12-5-7-14-21-18)9-8-11-17(24(2)3)10-4-6-13-20-17/h15,24H,4-14H2,1-3,23H3. The molecule has 0 aliphatic carbocycles. The third-order valence-electron chi connectivity index (χ3n) is 5.82. The highest BCUT2D eigenvalue weighted by atomic mass is 28.3. The number of rotatable bonds is 7. The van der Waals surface area contributed by atoms with Gasteiger partial charge in [-0.3, -0.25) is 4.79 Å². The topological polar surface area (TPSA) is 44.8 Å². The lowest BCUT2D eigenvalue weighted by Gasteiger charge is -2.41. The van der Waals surface area contributed by atoms with Crippen molar-refractivity contribution >= 4 is 25.0 Å². The van der Waals surface area contributed by atoms with E-state index in [4.69, 9.17) is 14.2 Å². The number of carbonyl (C=O) groups excluding carboxylic acids is 1. The van der Waals surface area contributed by atoms with Gasteiger partial charge in [-0.1, -0.05) is 26.4 Å². The van der Waals surface area contributed by atoms with Crippen molar-refractivity contribution in [2.75, 3.05) is 13.2 Å². The quantitative estimate of drug-likeness (QED) is 0.509. The molecule has 2 aliphatic heterocycles. The molecule has 24 heavy (non-hydrogen) atoms. The van der Waals surface area contributed by atoms with Gasteiger partial charge in [-0.05, 0) is 44.9 Å². The van der Waals surface area contributed by atoms with E-state index >= 15 is 0 Å². The molecular weight excluding hydrogens is 336 g/mol. The van der Waals surface area contributed by atoms with E-state index in [9.17, 15) is 4.79 Å². The van der Waals surface area contributed by atoms with E-state index < -0.39 is 14.2 Å². The van der Waals surface area contributed by atoms with Crippen molar-refractivity contribution in [1.29, 1.82) is 0 Å². The maximum atomic E-state index is 12.4. The smallest absolute Gasteiger partial charge is 0.310 e. The van der Waals surface area contributed by atoms with Crippen LogP contribution < -0.4 is 0 Å². The van der Waals surface area contributed by atoms with E-state index in [0.717, 1.165) is 62.0 Å². The molecule has 0 amide bonds. The molecule has 3 unspecified atom stereocenters. The summed E-state index contributed by atoms with van der Waals surface area (Å²) in [5, 5.41) is 0.160. The average Bonchev–Trinajstić information content (AvgIpc) is 2.55. The first-order valence-corrected chi connectivity index (χ1v) is 13.8. The zero-order valence-corrected chi connectivity index (χ0v) is 19.2. The van der Waals surface area contributed by atoms with Crippen LogP contribution in [0.3, 0.4) is 0 Å². The maximum absolute atomic E-state index is 12.4. The van der Waals surface area contributed by atoms with Gasteiger partial charge in [0.05, 0.1) is 36.8 Å². The van der Waals surface area contributed by atoms with Crippen LogP contribution in [-0.2, 0) is 19.0 Å². The SMILES string of the molecule is CC(CCCC1([SiH](C)C)CCCCO1)C(=O)OC1([SiH3])CCCCO1. The fourth-order valence-corrected chi connectivity index (χ4v) is 6.72. The Morgan fingerprint density at radius 3 is 2.38 bits per heavy atom. The molecule has 0 saturated carbocycles. The number of esters is 1. The fourth-order valence-electron chi connectivity index (χ4n) is 3.94. The van der Waals surface area contributed by atoms with Crippen molar-refractivity contribution in [3.8, 4) is 0 Å². The Bertz CT molecular complexity index is 402. The Morgan fingerprint density at radius 2 is 1.83 bits per heavy atom. The molecule has 0 bridgehead atoms. The minimum Gasteiger partial charge on any atom is -0.438 e. The fraction of sp³-hybridized carbons (Fsp3) is 0.944. The van der Waals surface area contributed by atoms with Gasteiger partial charge in [-0.15, -0.1) is 0 Å². The van der Waals surface area contributed by atoms with Crippen molar-refractivity contribution in [2.45, 2.75) is 88.4 Å². The Labute approximate surface area is 152 Å². The zero-order chi connectivity index (χ0) is 17.6. The summed E-state index contributed by atoms with van der Waals surface area (Å²) in [6, 6.07) is 0. The summed E-state index contributed by atoms with van der Waals surface area (Å²) in [5.74, 6) is -0.122. The number of carbonyl (C=O) groups is 1. The molecular formula is C18H36O4Si2. The van der Waals surface area contributed by atoms with Gasteiger partial charge in [0.1, 0.15) is 0 Å². The predicted octanol–water partition coefficient (Wildman–Crippen LogP) is 2.52. The van der Waals surface area contributed by atoms with E-state index in [1.165, 1.54) is 19.3 Å². The first-order valence-electron chi connectivity index (χ1n) is 9.88. The normalized spacial score (nSPS) is 32.7. The van der Waals surface area contributed by atoms with Gasteiger partial charge >= 0.3 is 5.97 Å². The van der Waals surface area contributed by atoms with Gasteiger partial charge in [0.15, 0.2) is 5.41 Å². The van der Waals surface area contributed by atoms with Crippen LogP contribution in [0.15, 0.2) is 0 Å². The molecule has 3 atom stereocenters. The van der Waals surface area contributed by atoms with Gasteiger partial charge in [0.25, 0.3) is 0 Å². The molecule has 0 aromatic heterocycles. The van der Waals surface area contributed by atoms with Crippen molar-refractivity contribution in [1.82, 2.24) is 0 Å².